The largest absolute Gasteiger partial charge is 0.493 e. The number of hydrogen-bond donors (Lipinski definition) is 3. The highest BCUT2D eigenvalue weighted by molar-refractivity contribution is 5.76. The third kappa shape index (κ3) is 10.9. The summed E-state index contributed by atoms with van der Waals surface area (Å²) in [6, 6.07) is 32.7. The van der Waals surface area contributed by atoms with Gasteiger partial charge >= 0.3 is 0 Å². The summed E-state index contributed by atoms with van der Waals surface area (Å²) in [6.07, 6.45) is 9.97. The molecule has 5 rings (SSSR count). The van der Waals surface area contributed by atoms with Gasteiger partial charge in [-0.2, -0.15) is 0 Å². The fourth-order valence-electron chi connectivity index (χ4n) is 8.43. The van der Waals surface area contributed by atoms with Crippen LogP contribution in [0.25, 0.3) is 0 Å². The van der Waals surface area contributed by atoms with Gasteiger partial charge in [-0.1, -0.05) is 99.5 Å². The molecule has 6 nitrogen and oxygen atoms in total. The molecular formula is C47H62FN3O3. The van der Waals surface area contributed by atoms with Crippen LogP contribution in [0, 0.1) is 11.7 Å². The van der Waals surface area contributed by atoms with Gasteiger partial charge in [0.05, 0.1) is 14.2 Å². The maximum Gasteiger partial charge on any atom is 0.220 e. The van der Waals surface area contributed by atoms with Gasteiger partial charge in [-0.15, -0.1) is 0 Å². The van der Waals surface area contributed by atoms with Crippen LogP contribution in [0.1, 0.15) is 99.5 Å². The van der Waals surface area contributed by atoms with Gasteiger partial charge in [0, 0.05) is 30.5 Å². The first-order chi connectivity index (χ1) is 26.3. The van der Waals surface area contributed by atoms with E-state index in [1.165, 1.54) is 34.4 Å². The standard InChI is InChI=1S/C47H62FN3O3/c1-36(2)35-49-30-12-11-28-47(42-34-44(54-4)43(53-3)33-38(42)25-32-51-47)29-13-26-46(39-15-7-5-8-16-39,40-17-9-6-10-18-40)27-14-31-50-45(52)24-21-37-19-22-41(48)23-20-37/h5-10,15-20,22-23,33-34,36,49,51H,11-14,21,24-32,35H2,1-4H3,(H,50,52). The molecule has 3 N–H and O–H groups in total. The van der Waals surface area contributed by atoms with Gasteiger partial charge in [0.25, 0.3) is 0 Å². The average Bonchev–Trinajstić information content (AvgIpc) is 3.20. The average molecular weight is 736 g/mol. The number of nitrogens with one attached hydrogen (secondary N) is 3. The van der Waals surface area contributed by atoms with E-state index in [4.69, 9.17) is 9.47 Å². The van der Waals surface area contributed by atoms with Gasteiger partial charge in [0.1, 0.15) is 5.82 Å². The molecule has 1 unspecified atom stereocenters. The highest BCUT2D eigenvalue weighted by Gasteiger charge is 2.39. The first kappa shape index (κ1) is 41.0. The lowest BCUT2D eigenvalue weighted by atomic mass is 9.67. The minimum atomic E-state index is -0.260. The van der Waals surface area contributed by atoms with Gasteiger partial charge in [-0.25, -0.2) is 4.39 Å². The predicted octanol–water partition coefficient (Wildman–Crippen LogP) is 9.29. The molecule has 0 aliphatic carbocycles. The Morgan fingerprint density at radius 2 is 1.44 bits per heavy atom. The number of aryl methyl sites for hydroxylation is 1. The first-order valence-electron chi connectivity index (χ1n) is 20.1. The Morgan fingerprint density at radius 3 is 2.09 bits per heavy atom. The normalized spacial score (nSPS) is 15.5. The van der Waals surface area contributed by atoms with Gasteiger partial charge in [0.15, 0.2) is 11.5 Å². The number of benzene rings is 4. The number of unbranched alkanes of at least 4 members (excludes halogenated alkanes) is 1. The summed E-state index contributed by atoms with van der Waals surface area (Å²) in [6.45, 7) is 8.12. The molecule has 1 heterocycles. The van der Waals surface area contributed by atoms with Crippen molar-refractivity contribution in [3.05, 3.63) is 131 Å². The van der Waals surface area contributed by atoms with Crippen LogP contribution in [0.5, 0.6) is 11.5 Å². The van der Waals surface area contributed by atoms with Crippen LogP contribution in [0.3, 0.4) is 0 Å². The van der Waals surface area contributed by atoms with Crippen molar-refractivity contribution in [2.75, 3.05) is 40.4 Å². The molecule has 0 fully saturated rings. The molecule has 54 heavy (non-hydrogen) atoms. The van der Waals surface area contributed by atoms with E-state index in [-0.39, 0.29) is 22.7 Å². The van der Waals surface area contributed by atoms with Crippen molar-refractivity contribution in [2.24, 2.45) is 5.92 Å². The molecule has 0 saturated carbocycles. The molecule has 0 saturated heterocycles. The molecule has 290 valence electrons. The van der Waals surface area contributed by atoms with Crippen LogP contribution in [0.2, 0.25) is 0 Å². The molecule has 7 heteroatoms. The third-order valence-electron chi connectivity index (χ3n) is 11.3. The molecule has 1 aliphatic rings. The van der Waals surface area contributed by atoms with Crippen molar-refractivity contribution in [3.8, 4) is 11.5 Å². The quantitative estimate of drug-likeness (QED) is 0.0703. The molecule has 0 bridgehead atoms. The van der Waals surface area contributed by atoms with E-state index in [1.54, 1.807) is 26.4 Å². The fourth-order valence-corrected chi connectivity index (χ4v) is 8.43. The van der Waals surface area contributed by atoms with Crippen molar-refractivity contribution in [3.63, 3.8) is 0 Å². The van der Waals surface area contributed by atoms with E-state index in [0.717, 1.165) is 94.5 Å². The van der Waals surface area contributed by atoms with E-state index in [2.05, 4.69) is 103 Å². The van der Waals surface area contributed by atoms with Crippen molar-refractivity contribution < 1.29 is 18.7 Å². The zero-order valence-electron chi connectivity index (χ0n) is 33.0. The summed E-state index contributed by atoms with van der Waals surface area (Å²) in [5.41, 5.74) is 5.88. The second-order valence-corrected chi connectivity index (χ2v) is 15.4. The Kier molecular flexibility index (Phi) is 15.5. The van der Waals surface area contributed by atoms with Gasteiger partial charge in [0.2, 0.25) is 5.91 Å². The van der Waals surface area contributed by atoms with Crippen LogP contribution in [-0.4, -0.2) is 46.3 Å². The number of amides is 1. The molecule has 4 aromatic rings. The molecule has 1 aliphatic heterocycles. The number of fused-ring (bicyclic) bond motifs is 1. The summed E-state index contributed by atoms with van der Waals surface area (Å²) < 4.78 is 25.0. The minimum Gasteiger partial charge on any atom is -0.493 e. The second-order valence-electron chi connectivity index (χ2n) is 15.4. The van der Waals surface area contributed by atoms with Crippen molar-refractivity contribution >= 4 is 5.91 Å². The van der Waals surface area contributed by atoms with Crippen molar-refractivity contribution in [2.45, 2.75) is 95.4 Å². The van der Waals surface area contributed by atoms with Crippen molar-refractivity contribution in [1.82, 2.24) is 16.0 Å². The summed E-state index contributed by atoms with van der Waals surface area (Å²) in [4.78, 5) is 12.9. The Labute approximate surface area is 323 Å². The second kappa shape index (κ2) is 20.5. The topological polar surface area (TPSA) is 71.6 Å². The summed E-state index contributed by atoms with van der Waals surface area (Å²) in [5.74, 6) is 1.98. The molecule has 1 atom stereocenters. The molecule has 1 amide bonds. The zero-order chi connectivity index (χ0) is 38.2. The molecule has 0 radical (unpaired) electrons. The van der Waals surface area contributed by atoms with Crippen LogP contribution in [0.15, 0.2) is 97.1 Å². The lowest BCUT2D eigenvalue weighted by molar-refractivity contribution is -0.121. The van der Waals surface area contributed by atoms with E-state index in [1.807, 2.05) is 0 Å². The molecular weight excluding hydrogens is 674 g/mol. The number of methoxy groups -OCH3 is 2. The van der Waals surface area contributed by atoms with E-state index < -0.39 is 0 Å². The smallest absolute Gasteiger partial charge is 0.220 e. The van der Waals surface area contributed by atoms with Crippen LogP contribution in [0.4, 0.5) is 4.39 Å². The number of hydrogen-bond acceptors (Lipinski definition) is 5. The van der Waals surface area contributed by atoms with Crippen LogP contribution < -0.4 is 25.4 Å². The van der Waals surface area contributed by atoms with E-state index in [9.17, 15) is 9.18 Å². The first-order valence-corrected chi connectivity index (χ1v) is 20.1. The van der Waals surface area contributed by atoms with E-state index in [0.29, 0.717) is 25.3 Å². The maximum atomic E-state index is 13.4. The van der Waals surface area contributed by atoms with E-state index >= 15 is 0 Å². The van der Waals surface area contributed by atoms with Gasteiger partial charge in [-0.05, 0) is 122 Å². The zero-order valence-corrected chi connectivity index (χ0v) is 33.0. The number of ether oxygens (including phenoxy) is 2. The Hall–Kier alpha value is -4.20. The summed E-state index contributed by atoms with van der Waals surface area (Å²) >= 11 is 0. The number of halogens is 1. The molecule has 4 aromatic carbocycles. The Balaban J connectivity index is 1.36. The van der Waals surface area contributed by atoms with Crippen LogP contribution >= 0.6 is 0 Å². The Bertz CT molecular complexity index is 1670. The monoisotopic (exact) mass is 735 g/mol. The highest BCUT2D eigenvalue weighted by atomic mass is 19.1. The predicted molar refractivity (Wildman–Crippen MR) is 219 cm³/mol. The van der Waals surface area contributed by atoms with Gasteiger partial charge in [-0.3, -0.25) is 4.79 Å². The minimum absolute atomic E-state index is 0.0276. The van der Waals surface area contributed by atoms with Crippen LogP contribution in [-0.2, 0) is 28.6 Å². The fraction of sp³-hybridized carbons (Fsp3) is 0.468. The Morgan fingerprint density at radius 1 is 0.815 bits per heavy atom. The van der Waals surface area contributed by atoms with Gasteiger partial charge < -0.3 is 25.4 Å². The summed E-state index contributed by atoms with van der Waals surface area (Å²) in [5, 5.41) is 10.9. The summed E-state index contributed by atoms with van der Waals surface area (Å²) in [7, 11) is 3.44. The SMILES string of the molecule is COc1cc2c(cc1OC)C(CCCCNCC(C)C)(CCCC(CCCNC(=O)CCc1ccc(F)cc1)(c1ccccc1)c1ccccc1)NCC2. The maximum absolute atomic E-state index is 13.4. The number of carbonyl (C=O) groups is 1. The third-order valence-corrected chi connectivity index (χ3v) is 11.3. The van der Waals surface area contributed by atoms with Crippen molar-refractivity contribution in [1.29, 1.82) is 0 Å². The molecule has 0 aromatic heterocycles. The lowest BCUT2D eigenvalue weighted by Crippen LogP contribution is -2.47. The molecule has 0 spiro atoms. The highest BCUT2D eigenvalue weighted by Crippen LogP contribution is 2.46. The number of rotatable bonds is 22. The lowest BCUT2D eigenvalue weighted by Gasteiger charge is -2.43. The number of carbonyl (C=O) groups excluding carboxylic acids is 1.